The number of halogens is 2. The fourth-order valence-electron chi connectivity index (χ4n) is 1.25. The van der Waals surface area contributed by atoms with Gasteiger partial charge in [0.15, 0.2) is 12.0 Å². The molecule has 0 N–H and O–H groups in total. The fraction of sp³-hybridized carbons (Fsp3) is 0. The molecule has 15 heavy (non-hydrogen) atoms. The molecule has 0 unspecified atom stereocenters. The Bertz CT molecular complexity index is 505. The first-order valence-electron chi connectivity index (χ1n) is 4.21. The molecule has 0 spiro atoms. The van der Waals surface area contributed by atoms with Gasteiger partial charge in [0.1, 0.15) is 5.76 Å². The smallest absolute Gasteiger partial charge is 0.185 e. The Hall–Kier alpha value is -1.06. The standard InChI is InChI=1S/C11H6BrClO2/c12-10-3-1-7(13)5-9(10)11-4-2-8(6-14)15-11/h1-6H. The number of carbonyl (C=O) groups is 1. The van der Waals surface area contributed by atoms with Crippen molar-refractivity contribution in [2.45, 2.75) is 0 Å². The van der Waals surface area contributed by atoms with E-state index in [2.05, 4.69) is 15.9 Å². The molecule has 1 heterocycles. The highest BCUT2D eigenvalue weighted by Crippen LogP contribution is 2.31. The second kappa shape index (κ2) is 4.21. The van der Waals surface area contributed by atoms with Gasteiger partial charge in [-0.1, -0.05) is 27.5 Å². The van der Waals surface area contributed by atoms with Crippen LogP contribution in [0.5, 0.6) is 0 Å². The lowest BCUT2D eigenvalue weighted by molar-refractivity contribution is 0.110. The normalized spacial score (nSPS) is 10.3. The summed E-state index contributed by atoms with van der Waals surface area (Å²) in [5.74, 6) is 0.920. The third kappa shape index (κ3) is 2.13. The third-order valence-electron chi connectivity index (χ3n) is 1.94. The summed E-state index contributed by atoms with van der Waals surface area (Å²) in [5, 5.41) is 0.622. The highest BCUT2D eigenvalue weighted by atomic mass is 79.9. The molecule has 2 nitrogen and oxygen atoms in total. The van der Waals surface area contributed by atoms with Crippen molar-refractivity contribution in [3.63, 3.8) is 0 Å². The van der Waals surface area contributed by atoms with Gasteiger partial charge in [0.05, 0.1) is 0 Å². The van der Waals surface area contributed by atoms with Crippen LogP contribution in [0.25, 0.3) is 11.3 Å². The first-order chi connectivity index (χ1) is 7.20. The average molecular weight is 286 g/mol. The lowest BCUT2D eigenvalue weighted by atomic mass is 10.2. The Labute approximate surface area is 100.0 Å². The van der Waals surface area contributed by atoms with Gasteiger partial charge in [-0.3, -0.25) is 4.79 Å². The number of rotatable bonds is 2. The van der Waals surface area contributed by atoms with Gasteiger partial charge in [-0.2, -0.15) is 0 Å². The topological polar surface area (TPSA) is 30.2 Å². The average Bonchev–Trinajstić information content (AvgIpc) is 2.70. The van der Waals surface area contributed by atoms with Crippen molar-refractivity contribution in [3.05, 3.63) is 45.6 Å². The van der Waals surface area contributed by atoms with Crippen molar-refractivity contribution in [2.75, 3.05) is 0 Å². The zero-order chi connectivity index (χ0) is 10.8. The number of furan rings is 1. The monoisotopic (exact) mass is 284 g/mol. The maximum absolute atomic E-state index is 10.5. The summed E-state index contributed by atoms with van der Waals surface area (Å²) < 4.78 is 6.17. The molecule has 0 atom stereocenters. The first-order valence-corrected chi connectivity index (χ1v) is 5.38. The van der Waals surface area contributed by atoms with E-state index in [0.717, 1.165) is 10.0 Å². The number of carbonyl (C=O) groups excluding carboxylic acids is 1. The summed E-state index contributed by atoms with van der Waals surface area (Å²) in [7, 11) is 0. The Morgan fingerprint density at radius 1 is 1.27 bits per heavy atom. The largest absolute Gasteiger partial charge is 0.453 e. The van der Waals surface area contributed by atoms with E-state index >= 15 is 0 Å². The summed E-state index contributed by atoms with van der Waals surface area (Å²) in [6, 6.07) is 8.74. The number of aldehydes is 1. The molecule has 0 aliphatic heterocycles. The van der Waals surface area contributed by atoms with Crippen molar-refractivity contribution in [2.24, 2.45) is 0 Å². The van der Waals surface area contributed by atoms with Crippen LogP contribution in [0.1, 0.15) is 10.6 Å². The second-order valence-corrected chi connectivity index (χ2v) is 4.23. The third-order valence-corrected chi connectivity index (χ3v) is 2.86. The second-order valence-electron chi connectivity index (χ2n) is 2.94. The number of hydrogen-bond donors (Lipinski definition) is 0. The van der Waals surface area contributed by atoms with Crippen LogP contribution >= 0.6 is 27.5 Å². The van der Waals surface area contributed by atoms with E-state index < -0.39 is 0 Å². The molecular weight excluding hydrogens is 279 g/mol. The molecule has 0 saturated carbocycles. The molecule has 0 fully saturated rings. The Morgan fingerprint density at radius 3 is 2.73 bits per heavy atom. The van der Waals surface area contributed by atoms with Crippen LogP contribution in [0.15, 0.2) is 39.2 Å². The summed E-state index contributed by atoms with van der Waals surface area (Å²) >= 11 is 9.27. The van der Waals surface area contributed by atoms with Crippen molar-refractivity contribution < 1.29 is 9.21 Å². The van der Waals surface area contributed by atoms with Gasteiger partial charge >= 0.3 is 0 Å². The van der Waals surface area contributed by atoms with Gasteiger partial charge in [0, 0.05) is 15.1 Å². The highest BCUT2D eigenvalue weighted by molar-refractivity contribution is 9.10. The molecule has 0 aliphatic carbocycles. The molecule has 1 aromatic heterocycles. The van der Waals surface area contributed by atoms with Gasteiger partial charge in [-0.25, -0.2) is 0 Å². The van der Waals surface area contributed by atoms with Crippen LogP contribution in [-0.2, 0) is 0 Å². The number of hydrogen-bond acceptors (Lipinski definition) is 2. The van der Waals surface area contributed by atoms with E-state index in [1.165, 1.54) is 0 Å². The molecule has 2 rings (SSSR count). The molecule has 0 saturated heterocycles. The predicted octanol–water partition coefficient (Wildman–Crippen LogP) is 4.18. The summed E-state index contributed by atoms with van der Waals surface area (Å²) in [4.78, 5) is 10.5. The maximum Gasteiger partial charge on any atom is 0.185 e. The van der Waals surface area contributed by atoms with E-state index in [1.54, 1.807) is 24.3 Å². The summed E-state index contributed by atoms with van der Waals surface area (Å²) in [5.41, 5.74) is 0.829. The molecule has 0 bridgehead atoms. The van der Waals surface area contributed by atoms with E-state index in [9.17, 15) is 4.79 Å². The highest BCUT2D eigenvalue weighted by Gasteiger charge is 2.08. The molecular formula is C11H6BrClO2. The fourth-order valence-corrected chi connectivity index (χ4v) is 1.86. The quantitative estimate of drug-likeness (QED) is 0.775. The molecule has 1 aromatic carbocycles. The summed E-state index contributed by atoms with van der Waals surface area (Å²) in [6.45, 7) is 0. The van der Waals surface area contributed by atoms with Gasteiger partial charge in [-0.15, -0.1) is 0 Å². The lowest BCUT2D eigenvalue weighted by Gasteiger charge is -2.00. The van der Waals surface area contributed by atoms with Crippen molar-refractivity contribution in [3.8, 4) is 11.3 Å². The zero-order valence-corrected chi connectivity index (χ0v) is 9.88. The van der Waals surface area contributed by atoms with Crippen molar-refractivity contribution in [1.82, 2.24) is 0 Å². The van der Waals surface area contributed by atoms with E-state index in [-0.39, 0.29) is 0 Å². The Kier molecular flexibility index (Phi) is 2.93. The van der Waals surface area contributed by atoms with Crippen LogP contribution in [0.4, 0.5) is 0 Å². The van der Waals surface area contributed by atoms with Crippen LogP contribution < -0.4 is 0 Å². The first kappa shape index (κ1) is 10.5. The molecule has 76 valence electrons. The van der Waals surface area contributed by atoms with Gasteiger partial charge in [-0.05, 0) is 30.3 Å². The Morgan fingerprint density at radius 2 is 2.07 bits per heavy atom. The molecule has 0 amide bonds. The van der Waals surface area contributed by atoms with Gasteiger partial charge < -0.3 is 4.42 Å². The van der Waals surface area contributed by atoms with E-state index in [0.29, 0.717) is 22.8 Å². The number of benzene rings is 1. The Balaban J connectivity index is 2.52. The molecule has 2 aromatic rings. The minimum absolute atomic E-state index is 0.303. The van der Waals surface area contributed by atoms with Crippen LogP contribution in [-0.4, -0.2) is 6.29 Å². The van der Waals surface area contributed by atoms with Crippen LogP contribution in [0.3, 0.4) is 0 Å². The van der Waals surface area contributed by atoms with Crippen LogP contribution in [0.2, 0.25) is 5.02 Å². The maximum atomic E-state index is 10.5. The van der Waals surface area contributed by atoms with Crippen molar-refractivity contribution >= 4 is 33.8 Å². The van der Waals surface area contributed by atoms with E-state index in [1.807, 2.05) is 6.07 Å². The minimum atomic E-state index is 0.303. The van der Waals surface area contributed by atoms with Crippen LogP contribution in [0, 0.1) is 0 Å². The molecule has 4 heteroatoms. The minimum Gasteiger partial charge on any atom is -0.453 e. The summed E-state index contributed by atoms with van der Waals surface area (Å²) in [6.07, 6.45) is 0.669. The van der Waals surface area contributed by atoms with E-state index in [4.69, 9.17) is 16.0 Å². The lowest BCUT2D eigenvalue weighted by Crippen LogP contribution is -1.77. The predicted molar refractivity (Wildman–Crippen MR) is 62.2 cm³/mol. The van der Waals surface area contributed by atoms with Gasteiger partial charge in [0.25, 0.3) is 0 Å². The van der Waals surface area contributed by atoms with Gasteiger partial charge in [0.2, 0.25) is 0 Å². The van der Waals surface area contributed by atoms with Crippen molar-refractivity contribution in [1.29, 1.82) is 0 Å². The SMILES string of the molecule is O=Cc1ccc(-c2cc(Cl)ccc2Br)o1. The molecule has 0 radical (unpaired) electrons. The zero-order valence-electron chi connectivity index (χ0n) is 7.54. The molecule has 0 aliphatic rings.